The highest BCUT2D eigenvalue weighted by atomic mass is 32.2. The fraction of sp³-hybridized carbons (Fsp3) is 0.0769. The topological polar surface area (TPSA) is 78.6 Å². The number of nitrogens with two attached hydrogens (primary N) is 1. The highest BCUT2D eigenvalue weighted by Gasteiger charge is 2.03. The van der Waals surface area contributed by atoms with Gasteiger partial charge < -0.3 is 5.01 Å². The minimum atomic E-state index is -2.06. The Hall–Kier alpha value is -1.89. The van der Waals surface area contributed by atoms with Gasteiger partial charge in [-0.25, -0.2) is 10.1 Å². The van der Waals surface area contributed by atoms with Crippen LogP contribution in [0.4, 0.5) is 11.4 Å². The first-order valence-electron chi connectivity index (χ1n) is 5.69. The summed E-state index contributed by atoms with van der Waals surface area (Å²) in [6, 6.07) is 16.9. The molecule has 0 radical (unpaired) electrons. The third-order valence-electron chi connectivity index (χ3n) is 2.60. The molecule has 0 spiro atoms. The third kappa shape index (κ3) is 4.06. The van der Waals surface area contributed by atoms with E-state index in [0.717, 1.165) is 11.3 Å². The minimum absolute atomic E-state index is 0.567. The molecule has 19 heavy (non-hydrogen) atoms. The summed E-state index contributed by atoms with van der Waals surface area (Å²) >= 11 is -2.06. The van der Waals surface area contributed by atoms with Crippen molar-refractivity contribution in [3.63, 3.8) is 0 Å². The molecule has 0 saturated carbocycles. The Labute approximate surface area is 114 Å². The van der Waals surface area contributed by atoms with Gasteiger partial charge in [0, 0.05) is 5.69 Å². The molecule has 0 aliphatic rings. The summed E-state index contributed by atoms with van der Waals surface area (Å²) in [5.74, 6) is 5.98. The molecule has 0 amide bonds. The Morgan fingerprint density at radius 3 is 2.32 bits per heavy atom. The van der Waals surface area contributed by atoms with Crippen molar-refractivity contribution in [3.8, 4) is 0 Å². The van der Waals surface area contributed by atoms with Gasteiger partial charge in [-0.2, -0.15) is 0 Å². The summed E-state index contributed by atoms with van der Waals surface area (Å²) in [5, 5.41) is 1.62. The predicted molar refractivity (Wildman–Crippen MR) is 77.6 cm³/mol. The van der Waals surface area contributed by atoms with Gasteiger partial charge in [0.25, 0.3) is 11.3 Å². The maximum atomic E-state index is 10.6. The van der Waals surface area contributed by atoms with E-state index < -0.39 is 11.3 Å². The summed E-state index contributed by atoms with van der Waals surface area (Å²) in [6.07, 6.45) is 0. The van der Waals surface area contributed by atoms with Crippen LogP contribution in [0.15, 0.2) is 54.6 Å². The molecule has 1 unspecified atom stereocenters. The van der Waals surface area contributed by atoms with Crippen LogP contribution in [0.1, 0.15) is 5.56 Å². The second-order valence-electron chi connectivity index (χ2n) is 4.01. The van der Waals surface area contributed by atoms with Crippen molar-refractivity contribution in [2.45, 2.75) is 6.54 Å². The molecule has 0 aliphatic heterocycles. The van der Waals surface area contributed by atoms with E-state index in [2.05, 4.69) is 4.72 Å². The van der Waals surface area contributed by atoms with Gasteiger partial charge >= 0.3 is 0 Å². The molecule has 0 aliphatic carbocycles. The van der Waals surface area contributed by atoms with Gasteiger partial charge in [0.1, 0.15) is 0 Å². The number of nitrogens with zero attached hydrogens (tertiary/aromatic N) is 1. The van der Waals surface area contributed by atoms with E-state index in [-0.39, 0.29) is 0 Å². The van der Waals surface area contributed by atoms with E-state index in [1.54, 1.807) is 29.3 Å². The molecule has 6 heteroatoms. The van der Waals surface area contributed by atoms with Crippen LogP contribution < -0.4 is 15.6 Å². The van der Waals surface area contributed by atoms with Crippen LogP contribution in [0.5, 0.6) is 0 Å². The van der Waals surface area contributed by atoms with Crippen molar-refractivity contribution < 1.29 is 8.76 Å². The number of rotatable bonds is 5. The normalized spacial score (nSPS) is 11.9. The average molecular weight is 277 g/mol. The van der Waals surface area contributed by atoms with Crippen LogP contribution in [0, 0.1) is 0 Å². The lowest BCUT2D eigenvalue weighted by molar-refractivity contribution is 0.570. The lowest BCUT2D eigenvalue weighted by Gasteiger charge is -2.19. The molecule has 0 bridgehead atoms. The van der Waals surface area contributed by atoms with Crippen LogP contribution in [-0.4, -0.2) is 8.76 Å². The van der Waals surface area contributed by atoms with Crippen molar-refractivity contribution in [3.05, 3.63) is 60.2 Å². The van der Waals surface area contributed by atoms with Crippen molar-refractivity contribution >= 4 is 22.6 Å². The van der Waals surface area contributed by atoms with Gasteiger partial charge in [0.15, 0.2) is 0 Å². The molecular weight excluding hydrogens is 262 g/mol. The van der Waals surface area contributed by atoms with E-state index in [1.165, 1.54) is 0 Å². The third-order valence-corrected chi connectivity index (χ3v) is 3.01. The molecule has 2 rings (SSSR count). The van der Waals surface area contributed by atoms with E-state index in [9.17, 15) is 4.21 Å². The molecule has 4 N–H and O–H groups in total. The van der Waals surface area contributed by atoms with E-state index in [1.807, 2.05) is 30.3 Å². The second-order valence-corrected chi connectivity index (χ2v) is 4.71. The summed E-state index contributed by atoms with van der Waals surface area (Å²) < 4.78 is 21.7. The van der Waals surface area contributed by atoms with Crippen molar-refractivity contribution in [1.29, 1.82) is 0 Å². The Kier molecular flexibility index (Phi) is 4.51. The zero-order chi connectivity index (χ0) is 13.7. The van der Waals surface area contributed by atoms with Gasteiger partial charge in [0.2, 0.25) is 0 Å². The molecule has 0 heterocycles. The summed E-state index contributed by atoms with van der Waals surface area (Å²) in [5.41, 5.74) is 2.51. The largest absolute Gasteiger partial charge is 0.307 e. The fourth-order valence-corrected chi connectivity index (χ4v) is 2.03. The molecule has 2 aromatic rings. The highest BCUT2D eigenvalue weighted by molar-refractivity contribution is 7.80. The summed E-state index contributed by atoms with van der Waals surface area (Å²) in [4.78, 5) is 0. The maximum absolute atomic E-state index is 10.6. The molecule has 1 atom stereocenters. The first-order chi connectivity index (χ1) is 9.15. The van der Waals surface area contributed by atoms with E-state index >= 15 is 0 Å². The zero-order valence-electron chi connectivity index (χ0n) is 10.2. The van der Waals surface area contributed by atoms with Crippen LogP contribution in [-0.2, 0) is 17.8 Å². The SMILES string of the molecule is NN(Cc1ccccc1)c1ccc(NS(=O)O)cc1. The predicted octanol–water partition coefficient (Wildman–Crippen LogP) is 2.12. The Morgan fingerprint density at radius 1 is 1.11 bits per heavy atom. The first kappa shape index (κ1) is 13.5. The van der Waals surface area contributed by atoms with Gasteiger partial charge in [-0.3, -0.25) is 9.27 Å². The number of anilines is 2. The highest BCUT2D eigenvalue weighted by Crippen LogP contribution is 2.17. The average Bonchev–Trinajstić information content (AvgIpc) is 2.40. The Balaban J connectivity index is 2.03. The van der Waals surface area contributed by atoms with E-state index in [0.29, 0.717) is 12.2 Å². The smallest absolute Gasteiger partial charge is 0.259 e. The molecular formula is C13H15N3O2S. The zero-order valence-corrected chi connectivity index (χ0v) is 11.0. The fourth-order valence-electron chi connectivity index (χ4n) is 1.69. The number of benzene rings is 2. The van der Waals surface area contributed by atoms with Gasteiger partial charge in [-0.15, -0.1) is 0 Å². The van der Waals surface area contributed by atoms with Crippen LogP contribution in [0.3, 0.4) is 0 Å². The number of nitrogens with one attached hydrogen (secondary N) is 1. The quantitative estimate of drug-likeness (QED) is 0.444. The van der Waals surface area contributed by atoms with Crippen LogP contribution >= 0.6 is 0 Å². The van der Waals surface area contributed by atoms with Crippen molar-refractivity contribution in [1.82, 2.24) is 0 Å². The summed E-state index contributed by atoms with van der Waals surface area (Å²) in [6.45, 7) is 0.597. The van der Waals surface area contributed by atoms with Gasteiger partial charge in [-0.1, -0.05) is 30.3 Å². The minimum Gasteiger partial charge on any atom is -0.307 e. The number of hydrogen-bond acceptors (Lipinski definition) is 3. The lowest BCUT2D eigenvalue weighted by Crippen LogP contribution is -2.29. The van der Waals surface area contributed by atoms with Gasteiger partial charge in [0.05, 0.1) is 12.2 Å². The lowest BCUT2D eigenvalue weighted by atomic mass is 10.2. The standard InChI is InChI=1S/C13H15N3O2S/c14-16(10-11-4-2-1-3-5-11)13-8-6-12(7-9-13)15-19(17)18/h1-9,15H,10,14H2,(H,17,18). The van der Waals surface area contributed by atoms with E-state index in [4.69, 9.17) is 10.4 Å². The molecule has 2 aromatic carbocycles. The van der Waals surface area contributed by atoms with Gasteiger partial charge in [-0.05, 0) is 29.8 Å². The first-order valence-corrected chi connectivity index (χ1v) is 6.79. The Morgan fingerprint density at radius 2 is 1.74 bits per heavy atom. The van der Waals surface area contributed by atoms with Crippen molar-refractivity contribution in [2.24, 2.45) is 5.84 Å². The second kappa shape index (κ2) is 6.33. The molecule has 0 fully saturated rings. The number of hydrazine groups is 1. The van der Waals surface area contributed by atoms with Crippen LogP contribution in [0.2, 0.25) is 0 Å². The monoisotopic (exact) mass is 277 g/mol. The number of hydrogen-bond donors (Lipinski definition) is 3. The Bertz CT molecular complexity index is 546. The van der Waals surface area contributed by atoms with Crippen LogP contribution in [0.25, 0.3) is 0 Å². The molecule has 100 valence electrons. The molecule has 5 nitrogen and oxygen atoms in total. The van der Waals surface area contributed by atoms with Crippen molar-refractivity contribution in [2.75, 3.05) is 9.73 Å². The molecule has 0 aromatic heterocycles. The molecule has 0 saturated heterocycles. The summed E-state index contributed by atoms with van der Waals surface area (Å²) in [7, 11) is 0. The maximum Gasteiger partial charge on any atom is 0.259 e.